The van der Waals surface area contributed by atoms with Crippen LogP contribution in [0.15, 0.2) is 24.5 Å². The summed E-state index contributed by atoms with van der Waals surface area (Å²) in [5, 5.41) is 2.74. The van der Waals surface area contributed by atoms with Crippen LogP contribution in [0.25, 0.3) is 0 Å². The summed E-state index contributed by atoms with van der Waals surface area (Å²) >= 11 is 0. The molecule has 6 nitrogen and oxygen atoms in total. The van der Waals surface area contributed by atoms with E-state index in [4.69, 9.17) is 0 Å². The molecule has 6 heteroatoms. The fraction of sp³-hybridized carbons (Fsp3) is 0.650. The van der Waals surface area contributed by atoms with E-state index in [-0.39, 0.29) is 11.9 Å². The van der Waals surface area contributed by atoms with Gasteiger partial charge in [0.25, 0.3) is 5.91 Å². The topological polar surface area (TPSA) is 83.1 Å². The van der Waals surface area contributed by atoms with Crippen LogP contribution in [0.5, 0.6) is 0 Å². The van der Waals surface area contributed by atoms with Crippen molar-refractivity contribution in [3.8, 4) is 0 Å². The minimum atomic E-state index is -0.389. The van der Waals surface area contributed by atoms with Crippen LogP contribution in [0, 0.1) is 0 Å². The first-order chi connectivity index (χ1) is 12.7. The number of nitrogens with zero attached hydrogens (tertiary/aromatic N) is 1. The molecule has 0 atom stereocenters. The maximum atomic E-state index is 11.7. The third-order valence-electron chi connectivity index (χ3n) is 4.30. The molecular weight excluding hydrogens is 328 g/mol. The quantitative estimate of drug-likeness (QED) is 0.361. The molecule has 1 aromatic rings. The highest BCUT2D eigenvalue weighted by Gasteiger charge is 2.05. The van der Waals surface area contributed by atoms with E-state index in [2.05, 4.69) is 28.1 Å². The minimum Gasteiger partial charge on any atom is -0.337 e. The van der Waals surface area contributed by atoms with Crippen LogP contribution in [0.3, 0.4) is 0 Å². The standard InChI is InChI=1S/C20H34N4O2/c1-2-3-4-5-6-7-8-9-10-11-12-15-22-20(26)24-23-19(25)18-13-16-21-17-14-18/h13-14,16-17H,2-12,15H2,1H3,(H,23,25)(H2,22,24,26). The van der Waals surface area contributed by atoms with Crippen molar-refractivity contribution < 1.29 is 9.59 Å². The van der Waals surface area contributed by atoms with E-state index in [1.165, 1.54) is 70.2 Å². The summed E-state index contributed by atoms with van der Waals surface area (Å²) in [6.45, 7) is 2.87. The lowest BCUT2D eigenvalue weighted by atomic mass is 10.1. The molecule has 0 saturated heterocycles. The molecule has 1 heterocycles. The molecule has 0 unspecified atom stereocenters. The second kappa shape index (κ2) is 15.2. The number of urea groups is 1. The van der Waals surface area contributed by atoms with Gasteiger partial charge in [0.1, 0.15) is 0 Å². The fourth-order valence-corrected chi connectivity index (χ4v) is 2.72. The van der Waals surface area contributed by atoms with E-state index in [1.54, 1.807) is 12.1 Å². The molecule has 3 amide bonds. The van der Waals surface area contributed by atoms with Crippen molar-refractivity contribution in [2.45, 2.75) is 77.6 Å². The van der Waals surface area contributed by atoms with Crippen LogP contribution in [0.1, 0.15) is 87.9 Å². The van der Waals surface area contributed by atoms with Gasteiger partial charge in [-0.3, -0.25) is 15.2 Å². The number of hydrogen-bond donors (Lipinski definition) is 3. The molecule has 0 aliphatic rings. The number of unbranched alkanes of at least 4 members (excludes halogenated alkanes) is 10. The number of rotatable bonds is 13. The predicted molar refractivity (Wildman–Crippen MR) is 105 cm³/mol. The van der Waals surface area contributed by atoms with Crippen LogP contribution in [0.4, 0.5) is 4.79 Å². The Hall–Kier alpha value is -2.11. The lowest BCUT2D eigenvalue weighted by molar-refractivity contribution is 0.0936. The van der Waals surface area contributed by atoms with E-state index >= 15 is 0 Å². The molecule has 0 aliphatic heterocycles. The maximum Gasteiger partial charge on any atom is 0.333 e. The van der Waals surface area contributed by atoms with Crippen LogP contribution in [0.2, 0.25) is 0 Å². The number of carbonyl (C=O) groups excluding carboxylic acids is 2. The van der Waals surface area contributed by atoms with Gasteiger partial charge in [-0.2, -0.15) is 0 Å². The number of hydrogen-bond acceptors (Lipinski definition) is 3. The Bertz CT molecular complexity index is 494. The molecule has 0 saturated carbocycles. The minimum absolute atomic E-state index is 0.364. The Morgan fingerprint density at radius 2 is 1.35 bits per heavy atom. The highest BCUT2D eigenvalue weighted by molar-refractivity contribution is 5.95. The van der Waals surface area contributed by atoms with E-state index in [0.29, 0.717) is 12.1 Å². The van der Waals surface area contributed by atoms with Gasteiger partial charge in [-0.15, -0.1) is 0 Å². The molecule has 0 aromatic carbocycles. The average Bonchev–Trinajstić information content (AvgIpc) is 2.67. The number of amides is 3. The Balaban J connectivity index is 1.89. The second-order valence-corrected chi connectivity index (χ2v) is 6.61. The van der Waals surface area contributed by atoms with Crippen LogP contribution in [-0.2, 0) is 0 Å². The van der Waals surface area contributed by atoms with Crippen LogP contribution >= 0.6 is 0 Å². The first kappa shape index (κ1) is 21.9. The van der Waals surface area contributed by atoms with Crippen molar-refractivity contribution in [2.75, 3.05) is 6.54 Å². The molecule has 1 aromatic heterocycles. The summed E-state index contributed by atoms with van der Waals surface area (Å²) < 4.78 is 0. The lowest BCUT2D eigenvalue weighted by Gasteiger charge is -2.09. The van der Waals surface area contributed by atoms with E-state index in [1.807, 2.05) is 0 Å². The molecule has 0 radical (unpaired) electrons. The van der Waals surface area contributed by atoms with Gasteiger partial charge in [0.2, 0.25) is 0 Å². The molecule has 0 bridgehead atoms. The van der Waals surface area contributed by atoms with Gasteiger partial charge in [0.15, 0.2) is 0 Å². The van der Waals surface area contributed by atoms with Gasteiger partial charge in [0, 0.05) is 24.5 Å². The average molecular weight is 363 g/mol. The molecule has 1 rings (SSSR count). The highest BCUT2D eigenvalue weighted by atomic mass is 16.2. The molecule has 26 heavy (non-hydrogen) atoms. The predicted octanol–water partition coefficient (Wildman–Crippen LogP) is 4.34. The SMILES string of the molecule is CCCCCCCCCCCCCNC(=O)NNC(=O)c1ccncc1. The zero-order chi connectivity index (χ0) is 18.9. The van der Waals surface area contributed by atoms with E-state index in [0.717, 1.165) is 12.8 Å². The maximum absolute atomic E-state index is 11.7. The van der Waals surface area contributed by atoms with Gasteiger partial charge in [-0.25, -0.2) is 10.2 Å². The summed E-state index contributed by atoms with van der Waals surface area (Å²) in [6, 6.07) is 2.78. The Morgan fingerprint density at radius 1 is 0.808 bits per heavy atom. The Labute approximate surface area is 157 Å². The van der Waals surface area contributed by atoms with Gasteiger partial charge in [-0.05, 0) is 18.6 Å². The van der Waals surface area contributed by atoms with Crippen molar-refractivity contribution >= 4 is 11.9 Å². The van der Waals surface area contributed by atoms with Crippen molar-refractivity contribution in [2.24, 2.45) is 0 Å². The van der Waals surface area contributed by atoms with Gasteiger partial charge in [-0.1, -0.05) is 71.1 Å². The van der Waals surface area contributed by atoms with E-state index in [9.17, 15) is 9.59 Å². The number of carbonyl (C=O) groups is 2. The highest BCUT2D eigenvalue weighted by Crippen LogP contribution is 2.10. The molecule has 3 N–H and O–H groups in total. The fourth-order valence-electron chi connectivity index (χ4n) is 2.72. The third-order valence-corrected chi connectivity index (χ3v) is 4.30. The summed E-state index contributed by atoms with van der Waals surface area (Å²) in [5.74, 6) is -0.364. The van der Waals surface area contributed by atoms with Crippen molar-refractivity contribution in [3.05, 3.63) is 30.1 Å². The van der Waals surface area contributed by atoms with Crippen molar-refractivity contribution in [1.82, 2.24) is 21.2 Å². The lowest BCUT2D eigenvalue weighted by Crippen LogP contribution is -2.47. The molecular formula is C20H34N4O2. The smallest absolute Gasteiger partial charge is 0.333 e. The summed E-state index contributed by atoms with van der Waals surface area (Å²) in [4.78, 5) is 27.2. The number of nitrogens with one attached hydrogen (secondary N) is 3. The van der Waals surface area contributed by atoms with E-state index < -0.39 is 0 Å². The largest absolute Gasteiger partial charge is 0.337 e. The first-order valence-corrected chi connectivity index (χ1v) is 9.98. The van der Waals surface area contributed by atoms with Crippen LogP contribution in [-0.4, -0.2) is 23.5 Å². The summed E-state index contributed by atoms with van der Waals surface area (Å²) in [7, 11) is 0. The van der Waals surface area contributed by atoms with Crippen molar-refractivity contribution in [3.63, 3.8) is 0 Å². The van der Waals surface area contributed by atoms with Gasteiger partial charge in [0.05, 0.1) is 0 Å². The molecule has 0 spiro atoms. The normalized spacial score (nSPS) is 10.3. The Morgan fingerprint density at radius 3 is 1.92 bits per heavy atom. The monoisotopic (exact) mass is 362 g/mol. The molecule has 146 valence electrons. The van der Waals surface area contributed by atoms with Crippen molar-refractivity contribution in [1.29, 1.82) is 0 Å². The molecule has 0 fully saturated rings. The summed E-state index contributed by atoms with van der Waals surface area (Å²) in [5.41, 5.74) is 5.16. The number of pyridine rings is 1. The van der Waals surface area contributed by atoms with Crippen LogP contribution < -0.4 is 16.2 Å². The second-order valence-electron chi connectivity index (χ2n) is 6.61. The zero-order valence-electron chi connectivity index (χ0n) is 16.1. The van der Waals surface area contributed by atoms with Gasteiger partial charge < -0.3 is 5.32 Å². The first-order valence-electron chi connectivity index (χ1n) is 9.98. The Kier molecular flexibility index (Phi) is 12.8. The third kappa shape index (κ3) is 11.4. The molecule has 0 aliphatic carbocycles. The zero-order valence-corrected chi connectivity index (χ0v) is 16.1. The summed E-state index contributed by atoms with van der Waals surface area (Å²) in [6.07, 6.45) is 17.1. The number of hydrazine groups is 1. The number of aromatic nitrogens is 1. The van der Waals surface area contributed by atoms with Gasteiger partial charge >= 0.3 is 6.03 Å².